The van der Waals surface area contributed by atoms with Crippen molar-refractivity contribution in [2.75, 3.05) is 0 Å². The topological polar surface area (TPSA) is 46.5 Å². The van der Waals surface area contributed by atoms with E-state index in [1.165, 1.54) is 6.92 Å². The second-order valence-corrected chi connectivity index (χ2v) is 5.38. The van der Waals surface area contributed by atoms with Gasteiger partial charge in [0.25, 0.3) is 0 Å². The van der Waals surface area contributed by atoms with Gasteiger partial charge in [-0.05, 0) is 31.5 Å². The number of aryl methyl sites for hydroxylation is 1. The molecule has 102 valence electrons. The highest BCUT2D eigenvalue weighted by Gasteiger charge is 2.47. The average molecular weight is 268 g/mol. The molecule has 2 atom stereocenters. The van der Waals surface area contributed by atoms with Crippen LogP contribution in [0.2, 0.25) is 0 Å². The number of rotatable bonds is 1. The fourth-order valence-corrected chi connectivity index (χ4v) is 2.52. The second kappa shape index (κ2) is 4.46. The van der Waals surface area contributed by atoms with Crippen LogP contribution in [0.1, 0.15) is 34.5 Å². The summed E-state index contributed by atoms with van der Waals surface area (Å²) in [5, 5.41) is 10.6. The molecule has 20 heavy (non-hydrogen) atoms. The van der Waals surface area contributed by atoms with Crippen molar-refractivity contribution >= 4 is 5.78 Å². The summed E-state index contributed by atoms with van der Waals surface area (Å²) in [5.41, 5.74) is 0.782. The van der Waals surface area contributed by atoms with Crippen LogP contribution in [0, 0.1) is 6.92 Å². The Bertz CT molecular complexity index is 656. The first-order valence-corrected chi connectivity index (χ1v) is 6.59. The van der Waals surface area contributed by atoms with E-state index in [-0.39, 0.29) is 5.78 Å². The van der Waals surface area contributed by atoms with E-state index in [0.717, 1.165) is 11.1 Å². The predicted molar refractivity (Wildman–Crippen MR) is 75.9 cm³/mol. The maximum atomic E-state index is 12.5. The molecule has 0 amide bonds. The highest BCUT2D eigenvalue weighted by atomic mass is 16.5. The van der Waals surface area contributed by atoms with E-state index < -0.39 is 11.7 Å². The monoisotopic (exact) mass is 268 g/mol. The maximum absolute atomic E-state index is 12.5. The molecule has 3 heteroatoms. The van der Waals surface area contributed by atoms with Gasteiger partial charge < -0.3 is 9.84 Å². The number of fused-ring (bicyclic) bond motifs is 1. The smallest absolute Gasteiger partial charge is 0.201 e. The zero-order chi connectivity index (χ0) is 14.3. The number of aliphatic hydroxyl groups is 1. The number of benzene rings is 2. The lowest BCUT2D eigenvalue weighted by Crippen LogP contribution is -2.47. The molecule has 0 spiro atoms. The molecular formula is C17H16O3. The summed E-state index contributed by atoms with van der Waals surface area (Å²) < 4.78 is 5.87. The van der Waals surface area contributed by atoms with Crippen LogP contribution in [0.25, 0.3) is 0 Å². The van der Waals surface area contributed by atoms with Gasteiger partial charge in [0.1, 0.15) is 5.75 Å². The fourth-order valence-electron chi connectivity index (χ4n) is 2.52. The number of carbonyl (C=O) groups is 1. The number of carbonyl (C=O) groups excluding carboxylic acids is 1. The molecule has 3 rings (SSSR count). The molecule has 0 aliphatic carbocycles. The zero-order valence-electron chi connectivity index (χ0n) is 11.5. The summed E-state index contributed by atoms with van der Waals surface area (Å²) in [7, 11) is 0. The minimum atomic E-state index is -1.57. The maximum Gasteiger partial charge on any atom is 0.201 e. The molecule has 0 saturated heterocycles. The van der Waals surface area contributed by atoms with Crippen LogP contribution in [0.15, 0.2) is 48.5 Å². The van der Waals surface area contributed by atoms with Gasteiger partial charge in [-0.25, -0.2) is 0 Å². The largest absolute Gasteiger partial charge is 0.481 e. The molecule has 1 heterocycles. The van der Waals surface area contributed by atoms with E-state index in [9.17, 15) is 9.90 Å². The third-order valence-corrected chi connectivity index (χ3v) is 3.73. The van der Waals surface area contributed by atoms with Crippen LogP contribution in [0.5, 0.6) is 5.75 Å². The normalized spacial score (nSPS) is 24.9. The quantitative estimate of drug-likeness (QED) is 0.864. The van der Waals surface area contributed by atoms with Gasteiger partial charge in [-0.3, -0.25) is 4.79 Å². The van der Waals surface area contributed by atoms with Gasteiger partial charge in [-0.1, -0.05) is 42.0 Å². The van der Waals surface area contributed by atoms with Gasteiger partial charge in [-0.15, -0.1) is 0 Å². The first kappa shape index (κ1) is 12.9. The Labute approximate surface area is 117 Å². The number of hydrogen-bond donors (Lipinski definition) is 1. The molecular weight excluding hydrogens is 252 g/mol. The number of ketones is 1. The highest BCUT2D eigenvalue weighted by molar-refractivity contribution is 6.05. The Morgan fingerprint density at radius 2 is 1.75 bits per heavy atom. The highest BCUT2D eigenvalue weighted by Crippen LogP contribution is 2.40. The van der Waals surface area contributed by atoms with E-state index >= 15 is 0 Å². The van der Waals surface area contributed by atoms with Crippen molar-refractivity contribution in [3.8, 4) is 5.75 Å². The van der Waals surface area contributed by atoms with Crippen LogP contribution in [0.4, 0.5) is 0 Å². The van der Waals surface area contributed by atoms with Crippen molar-refractivity contribution in [1.82, 2.24) is 0 Å². The molecule has 2 aromatic rings. The summed E-state index contributed by atoms with van der Waals surface area (Å²) in [6.45, 7) is 3.50. The molecule has 0 aromatic heterocycles. The van der Waals surface area contributed by atoms with Crippen LogP contribution in [-0.2, 0) is 0 Å². The Kier molecular flexibility index (Phi) is 2.87. The predicted octanol–water partition coefficient (Wildman–Crippen LogP) is 3.06. The summed E-state index contributed by atoms with van der Waals surface area (Å²) >= 11 is 0. The molecule has 0 radical (unpaired) electrons. The van der Waals surface area contributed by atoms with Crippen LogP contribution in [0.3, 0.4) is 0 Å². The summed E-state index contributed by atoms with van der Waals surface area (Å²) in [5.74, 6) is 0.222. The SMILES string of the molecule is Cc1ccc([C@H]2Oc3ccccc3C(=O)[C@@]2(C)O)cc1. The second-order valence-electron chi connectivity index (χ2n) is 5.38. The summed E-state index contributed by atoms with van der Waals surface area (Å²) in [6.07, 6.45) is -0.689. The molecule has 2 aromatic carbocycles. The Morgan fingerprint density at radius 1 is 1.10 bits per heavy atom. The van der Waals surface area contributed by atoms with Crippen LogP contribution in [-0.4, -0.2) is 16.5 Å². The standard InChI is InChI=1S/C17H16O3/c1-11-7-9-12(10-8-11)16-17(2,19)15(18)13-5-3-4-6-14(13)20-16/h3-10,16,19H,1-2H3/t16-,17-/m1/s1. The minimum Gasteiger partial charge on any atom is -0.481 e. The summed E-state index contributed by atoms with van der Waals surface area (Å²) in [6, 6.07) is 14.7. The van der Waals surface area contributed by atoms with E-state index in [1.807, 2.05) is 37.3 Å². The van der Waals surface area contributed by atoms with Gasteiger partial charge >= 0.3 is 0 Å². The van der Waals surface area contributed by atoms with Crippen molar-refractivity contribution in [2.24, 2.45) is 0 Å². The zero-order valence-corrected chi connectivity index (χ0v) is 11.5. The fraction of sp³-hybridized carbons (Fsp3) is 0.235. The van der Waals surface area contributed by atoms with Gasteiger partial charge in [0.2, 0.25) is 5.78 Å². The van der Waals surface area contributed by atoms with Crippen molar-refractivity contribution < 1.29 is 14.6 Å². The number of ether oxygens (including phenoxy) is 1. The molecule has 1 aliphatic rings. The van der Waals surface area contributed by atoms with Crippen molar-refractivity contribution in [2.45, 2.75) is 25.6 Å². The van der Waals surface area contributed by atoms with Crippen LogP contribution >= 0.6 is 0 Å². The van der Waals surface area contributed by atoms with Crippen molar-refractivity contribution in [3.05, 3.63) is 65.2 Å². The molecule has 0 fully saturated rings. The van der Waals surface area contributed by atoms with Gasteiger partial charge in [0.05, 0.1) is 5.56 Å². The van der Waals surface area contributed by atoms with E-state index in [1.54, 1.807) is 18.2 Å². The Hall–Kier alpha value is -2.13. The summed E-state index contributed by atoms with van der Waals surface area (Å²) in [4.78, 5) is 12.5. The van der Waals surface area contributed by atoms with E-state index in [4.69, 9.17) is 4.74 Å². The lowest BCUT2D eigenvalue weighted by Gasteiger charge is -2.37. The average Bonchev–Trinajstić information content (AvgIpc) is 2.44. The Morgan fingerprint density at radius 3 is 2.45 bits per heavy atom. The number of para-hydroxylation sites is 1. The number of hydrogen-bond acceptors (Lipinski definition) is 3. The Balaban J connectivity index is 2.09. The lowest BCUT2D eigenvalue weighted by atomic mass is 9.83. The van der Waals surface area contributed by atoms with E-state index in [0.29, 0.717) is 11.3 Å². The molecule has 1 N–H and O–H groups in total. The third kappa shape index (κ3) is 1.91. The lowest BCUT2D eigenvalue weighted by molar-refractivity contribution is -0.0379. The van der Waals surface area contributed by atoms with E-state index in [2.05, 4.69) is 0 Å². The van der Waals surface area contributed by atoms with Gasteiger partial charge in [-0.2, -0.15) is 0 Å². The van der Waals surface area contributed by atoms with Crippen LogP contribution < -0.4 is 4.74 Å². The van der Waals surface area contributed by atoms with Gasteiger partial charge in [0.15, 0.2) is 11.7 Å². The number of Topliss-reactive ketones (excluding diaryl/α,β-unsaturated/α-hetero) is 1. The molecule has 3 nitrogen and oxygen atoms in total. The molecule has 0 bridgehead atoms. The third-order valence-electron chi connectivity index (χ3n) is 3.73. The molecule has 0 unspecified atom stereocenters. The molecule has 0 saturated carbocycles. The van der Waals surface area contributed by atoms with Crippen molar-refractivity contribution in [3.63, 3.8) is 0 Å². The first-order chi connectivity index (χ1) is 9.50. The minimum absolute atomic E-state index is 0.301. The first-order valence-electron chi connectivity index (χ1n) is 6.59. The molecule has 1 aliphatic heterocycles. The van der Waals surface area contributed by atoms with Gasteiger partial charge in [0, 0.05) is 0 Å². The van der Waals surface area contributed by atoms with Crippen molar-refractivity contribution in [1.29, 1.82) is 0 Å².